The van der Waals surface area contributed by atoms with Crippen molar-refractivity contribution < 1.29 is 9.53 Å². The Bertz CT molecular complexity index is 302. The van der Waals surface area contributed by atoms with Crippen molar-refractivity contribution in [3.8, 4) is 0 Å². The van der Waals surface area contributed by atoms with Gasteiger partial charge in [0.1, 0.15) is 11.4 Å². The second kappa shape index (κ2) is 5.23. The van der Waals surface area contributed by atoms with Gasteiger partial charge in [0.15, 0.2) is 0 Å². The van der Waals surface area contributed by atoms with E-state index in [1.807, 2.05) is 13.0 Å². The van der Waals surface area contributed by atoms with Crippen molar-refractivity contribution in [1.82, 2.24) is 5.32 Å². The summed E-state index contributed by atoms with van der Waals surface area (Å²) < 4.78 is 5.30. The Morgan fingerprint density at radius 1 is 1.80 bits per heavy atom. The van der Waals surface area contributed by atoms with E-state index >= 15 is 0 Å². The maximum Gasteiger partial charge on any atom is 0.231 e. The number of hydrogen-bond donors (Lipinski definition) is 3. The van der Waals surface area contributed by atoms with E-state index in [2.05, 4.69) is 17.9 Å². The summed E-state index contributed by atoms with van der Waals surface area (Å²) >= 11 is 3.87. The van der Waals surface area contributed by atoms with Gasteiger partial charge in [0.25, 0.3) is 0 Å². The summed E-state index contributed by atoms with van der Waals surface area (Å²) in [4.78, 5) is 11.1. The van der Waals surface area contributed by atoms with Crippen LogP contribution in [0.2, 0.25) is 0 Å². The lowest BCUT2D eigenvalue weighted by molar-refractivity contribution is -0.119. The second-order valence-corrected chi connectivity index (χ2v) is 3.64. The highest BCUT2D eigenvalue weighted by atomic mass is 32.1. The summed E-state index contributed by atoms with van der Waals surface area (Å²) in [5.41, 5.74) is 5.14. The molecule has 0 aliphatic heterocycles. The number of nitrogens with two attached hydrogens (primary N) is 1. The van der Waals surface area contributed by atoms with Gasteiger partial charge in [0.05, 0.1) is 12.4 Å². The van der Waals surface area contributed by atoms with Crippen LogP contribution >= 0.6 is 12.6 Å². The fourth-order valence-corrected chi connectivity index (χ4v) is 1.38. The molecule has 1 atom stereocenters. The molecule has 0 spiro atoms. The molecule has 3 N–H and O–H groups in total. The zero-order valence-corrected chi connectivity index (χ0v) is 9.59. The fraction of sp³-hybridized carbons (Fsp3) is 0.500. The number of ether oxygens (including phenoxy) is 1. The molecule has 15 heavy (non-hydrogen) atoms. The van der Waals surface area contributed by atoms with E-state index in [1.165, 1.54) is 0 Å². The highest BCUT2D eigenvalue weighted by Gasteiger charge is 2.24. The lowest BCUT2D eigenvalue weighted by Crippen LogP contribution is -2.55. The third kappa shape index (κ3) is 3.60. The van der Waals surface area contributed by atoms with E-state index in [1.54, 1.807) is 12.2 Å². The Kier molecular flexibility index (Phi) is 4.23. The van der Waals surface area contributed by atoms with Crippen molar-refractivity contribution in [3.63, 3.8) is 0 Å². The van der Waals surface area contributed by atoms with Crippen LogP contribution in [-0.4, -0.2) is 23.9 Å². The predicted octanol–water partition coefficient (Wildman–Crippen LogP) is 0.568. The number of hydrogen-bond acceptors (Lipinski definition) is 4. The third-order valence-electron chi connectivity index (χ3n) is 2.01. The zero-order chi connectivity index (χ0) is 11.3. The molecule has 5 heteroatoms. The monoisotopic (exact) mass is 228 g/mol. The van der Waals surface area contributed by atoms with Crippen molar-refractivity contribution >= 4 is 18.5 Å². The van der Waals surface area contributed by atoms with Gasteiger partial charge in [0, 0.05) is 6.42 Å². The molecule has 0 aromatic carbocycles. The Hall–Kier alpha value is -0.940. The van der Waals surface area contributed by atoms with Crippen LogP contribution in [0.5, 0.6) is 0 Å². The van der Waals surface area contributed by atoms with Crippen LogP contribution in [0.1, 0.15) is 13.3 Å². The van der Waals surface area contributed by atoms with Gasteiger partial charge in [-0.15, -0.1) is 0 Å². The molecule has 1 aliphatic carbocycles. The Labute approximate surface area is 95.0 Å². The van der Waals surface area contributed by atoms with Crippen molar-refractivity contribution in [2.45, 2.75) is 19.0 Å². The van der Waals surface area contributed by atoms with E-state index < -0.39 is 5.66 Å². The van der Waals surface area contributed by atoms with Crippen LogP contribution in [-0.2, 0) is 9.53 Å². The molecule has 0 aromatic heterocycles. The van der Waals surface area contributed by atoms with Gasteiger partial charge < -0.3 is 15.8 Å². The van der Waals surface area contributed by atoms with Crippen molar-refractivity contribution in [2.75, 3.05) is 12.4 Å². The Morgan fingerprint density at radius 3 is 3.00 bits per heavy atom. The standard InChI is InChI=1S/C10H16N2O2S/c1-2-14-8-3-5-10(11,6-4-8)12-9(13)7-15/h3-5,15H,2,6-7,11H2,1H3,(H,12,13). The molecule has 0 heterocycles. The average molecular weight is 228 g/mol. The van der Waals surface area contributed by atoms with Gasteiger partial charge in [-0.25, -0.2) is 0 Å². The quantitative estimate of drug-likeness (QED) is 0.487. The van der Waals surface area contributed by atoms with Crippen LogP contribution in [0.4, 0.5) is 0 Å². The minimum absolute atomic E-state index is 0.134. The predicted molar refractivity (Wildman–Crippen MR) is 62.4 cm³/mol. The SMILES string of the molecule is CCOC1=CCC(N)(NC(=O)CS)C=C1. The van der Waals surface area contributed by atoms with Gasteiger partial charge in [0.2, 0.25) is 5.91 Å². The molecule has 1 aliphatic rings. The first-order valence-electron chi connectivity index (χ1n) is 4.82. The molecular weight excluding hydrogens is 212 g/mol. The average Bonchev–Trinajstić information content (AvgIpc) is 2.22. The van der Waals surface area contributed by atoms with E-state index in [4.69, 9.17) is 10.5 Å². The first-order chi connectivity index (χ1) is 7.09. The normalized spacial score (nSPS) is 24.6. The van der Waals surface area contributed by atoms with Gasteiger partial charge in [-0.3, -0.25) is 4.79 Å². The summed E-state index contributed by atoms with van der Waals surface area (Å²) in [5.74, 6) is 0.742. The Balaban J connectivity index is 2.55. The van der Waals surface area contributed by atoms with E-state index in [9.17, 15) is 4.79 Å². The molecule has 0 aromatic rings. The van der Waals surface area contributed by atoms with Gasteiger partial charge in [-0.05, 0) is 25.2 Å². The molecule has 0 fully saturated rings. The summed E-state index contributed by atoms with van der Waals surface area (Å²) in [7, 11) is 0. The van der Waals surface area contributed by atoms with Crippen LogP contribution in [0.15, 0.2) is 24.0 Å². The molecule has 84 valence electrons. The van der Waals surface area contributed by atoms with Gasteiger partial charge >= 0.3 is 0 Å². The largest absolute Gasteiger partial charge is 0.494 e. The molecule has 0 bridgehead atoms. The topological polar surface area (TPSA) is 64.3 Å². The number of nitrogens with one attached hydrogen (secondary N) is 1. The summed E-state index contributed by atoms with van der Waals surface area (Å²) in [6, 6.07) is 0. The highest BCUT2D eigenvalue weighted by molar-refractivity contribution is 7.81. The van der Waals surface area contributed by atoms with Crippen LogP contribution < -0.4 is 11.1 Å². The molecule has 0 radical (unpaired) electrons. The lowest BCUT2D eigenvalue weighted by atomic mass is 10.0. The van der Waals surface area contributed by atoms with Crippen LogP contribution in [0.25, 0.3) is 0 Å². The maximum absolute atomic E-state index is 11.1. The number of thiol groups is 1. The molecule has 1 rings (SSSR count). The highest BCUT2D eigenvalue weighted by Crippen LogP contribution is 2.16. The molecule has 1 amide bonds. The van der Waals surface area contributed by atoms with Crippen LogP contribution in [0.3, 0.4) is 0 Å². The second-order valence-electron chi connectivity index (χ2n) is 3.32. The van der Waals surface area contributed by atoms with E-state index in [0.29, 0.717) is 13.0 Å². The summed E-state index contributed by atoms with van der Waals surface area (Å²) in [6.07, 6.45) is 5.89. The van der Waals surface area contributed by atoms with Crippen molar-refractivity contribution in [2.24, 2.45) is 5.73 Å². The smallest absolute Gasteiger partial charge is 0.231 e. The van der Waals surface area contributed by atoms with E-state index in [-0.39, 0.29) is 11.7 Å². The van der Waals surface area contributed by atoms with Crippen LogP contribution in [0, 0.1) is 0 Å². The summed E-state index contributed by atoms with van der Waals surface area (Å²) in [5, 5.41) is 2.68. The maximum atomic E-state index is 11.1. The minimum atomic E-state index is -0.805. The zero-order valence-electron chi connectivity index (χ0n) is 8.69. The number of carbonyl (C=O) groups is 1. The molecule has 4 nitrogen and oxygen atoms in total. The first kappa shape index (κ1) is 12.1. The lowest BCUT2D eigenvalue weighted by Gasteiger charge is -2.28. The number of carbonyl (C=O) groups excluding carboxylic acids is 1. The van der Waals surface area contributed by atoms with Crippen molar-refractivity contribution in [3.05, 3.63) is 24.0 Å². The Morgan fingerprint density at radius 2 is 2.53 bits per heavy atom. The summed E-state index contributed by atoms with van der Waals surface area (Å²) in [6.45, 7) is 2.54. The third-order valence-corrected chi connectivity index (χ3v) is 2.30. The first-order valence-corrected chi connectivity index (χ1v) is 5.46. The minimum Gasteiger partial charge on any atom is -0.494 e. The number of amides is 1. The molecule has 1 unspecified atom stereocenters. The molecular formula is C10H16N2O2S. The van der Waals surface area contributed by atoms with Crippen molar-refractivity contribution in [1.29, 1.82) is 0 Å². The molecule has 0 saturated heterocycles. The van der Waals surface area contributed by atoms with Gasteiger partial charge in [-0.2, -0.15) is 12.6 Å². The number of rotatable bonds is 4. The molecule has 0 saturated carbocycles. The van der Waals surface area contributed by atoms with Gasteiger partial charge in [-0.1, -0.05) is 0 Å². The fourth-order valence-electron chi connectivity index (χ4n) is 1.30. The number of allylic oxidation sites excluding steroid dienone is 1. The van der Waals surface area contributed by atoms with E-state index in [0.717, 1.165) is 5.76 Å².